The zero-order valence-electron chi connectivity index (χ0n) is 12.9. The molecule has 1 atom stereocenters. The van der Waals surface area contributed by atoms with Crippen molar-refractivity contribution in [2.24, 2.45) is 0 Å². The van der Waals surface area contributed by atoms with Gasteiger partial charge in [0.05, 0.1) is 6.54 Å². The van der Waals surface area contributed by atoms with Crippen molar-refractivity contribution in [2.75, 3.05) is 0 Å². The molecule has 3 aromatic rings. The Morgan fingerprint density at radius 3 is 2.70 bits per heavy atom. The first kappa shape index (κ1) is 15.4. The molecule has 0 radical (unpaired) electrons. The lowest BCUT2D eigenvalue weighted by Crippen LogP contribution is -2.27. The molecule has 5 heteroatoms. The average molecular weight is 311 g/mol. The van der Waals surface area contributed by atoms with Gasteiger partial charge in [0.1, 0.15) is 5.82 Å². The van der Waals surface area contributed by atoms with Crippen molar-refractivity contribution in [3.63, 3.8) is 0 Å². The van der Waals surface area contributed by atoms with Gasteiger partial charge >= 0.3 is 0 Å². The topological polar surface area (TPSA) is 51.0 Å². The van der Waals surface area contributed by atoms with Crippen LogP contribution in [0.3, 0.4) is 0 Å². The molecule has 0 bridgehead atoms. The zero-order chi connectivity index (χ0) is 16.1. The van der Waals surface area contributed by atoms with E-state index in [0.29, 0.717) is 18.3 Å². The van der Waals surface area contributed by atoms with E-state index in [1.54, 1.807) is 12.1 Å². The van der Waals surface area contributed by atoms with Crippen LogP contribution in [0.25, 0.3) is 11.5 Å². The van der Waals surface area contributed by atoms with E-state index in [2.05, 4.69) is 15.5 Å². The van der Waals surface area contributed by atoms with Crippen LogP contribution in [-0.2, 0) is 13.0 Å². The molecule has 0 unspecified atom stereocenters. The fraction of sp³-hybridized carbons (Fsp3) is 0.222. The monoisotopic (exact) mass is 311 g/mol. The van der Waals surface area contributed by atoms with E-state index in [1.165, 1.54) is 6.07 Å². The zero-order valence-corrected chi connectivity index (χ0v) is 12.9. The molecule has 23 heavy (non-hydrogen) atoms. The molecule has 1 aromatic heterocycles. The van der Waals surface area contributed by atoms with Crippen molar-refractivity contribution >= 4 is 0 Å². The maximum atomic E-state index is 13.2. The minimum Gasteiger partial charge on any atom is -0.419 e. The van der Waals surface area contributed by atoms with Crippen LogP contribution in [0.1, 0.15) is 18.4 Å². The Morgan fingerprint density at radius 2 is 1.91 bits per heavy atom. The number of benzene rings is 2. The number of nitrogens with one attached hydrogen (secondary N) is 1. The lowest BCUT2D eigenvalue weighted by Gasteiger charge is -2.12. The Hall–Kier alpha value is -2.53. The highest BCUT2D eigenvalue weighted by molar-refractivity contribution is 5.51. The summed E-state index contributed by atoms with van der Waals surface area (Å²) in [5.74, 6) is 0.842. The number of nitrogens with zero attached hydrogens (tertiary/aromatic N) is 2. The number of aromatic nitrogens is 2. The summed E-state index contributed by atoms with van der Waals surface area (Å²) >= 11 is 0. The van der Waals surface area contributed by atoms with E-state index in [4.69, 9.17) is 4.42 Å². The highest BCUT2D eigenvalue weighted by atomic mass is 19.1. The summed E-state index contributed by atoms with van der Waals surface area (Å²) in [6.07, 6.45) is 0.734. The molecule has 0 aliphatic rings. The normalized spacial score (nSPS) is 12.3. The molecular weight excluding hydrogens is 293 g/mol. The first-order valence-corrected chi connectivity index (χ1v) is 7.56. The van der Waals surface area contributed by atoms with Crippen LogP contribution in [0.15, 0.2) is 59.0 Å². The molecule has 2 aromatic carbocycles. The van der Waals surface area contributed by atoms with Gasteiger partial charge in [-0.1, -0.05) is 30.3 Å². The first-order chi connectivity index (χ1) is 11.2. The first-order valence-electron chi connectivity index (χ1n) is 7.56. The second kappa shape index (κ2) is 7.15. The number of hydrogen-bond acceptors (Lipinski definition) is 4. The molecular formula is C18H18FN3O. The fourth-order valence-electron chi connectivity index (χ4n) is 2.37. The molecule has 118 valence electrons. The van der Waals surface area contributed by atoms with Gasteiger partial charge in [-0.05, 0) is 43.2 Å². The summed E-state index contributed by atoms with van der Waals surface area (Å²) in [6, 6.07) is 16.5. The minimum atomic E-state index is -0.209. The third-order valence-corrected chi connectivity index (χ3v) is 3.52. The summed E-state index contributed by atoms with van der Waals surface area (Å²) in [5.41, 5.74) is 1.86. The van der Waals surface area contributed by atoms with Crippen LogP contribution in [0.4, 0.5) is 4.39 Å². The maximum absolute atomic E-state index is 13.2. The van der Waals surface area contributed by atoms with E-state index in [0.717, 1.165) is 17.5 Å². The predicted molar refractivity (Wildman–Crippen MR) is 86.1 cm³/mol. The minimum absolute atomic E-state index is 0.170. The molecule has 0 saturated carbocycles. The van der Waals surface area contributed by atoms with E-state index in [-0.39, 0.29) is 11.9 Å². The Kier molecular flexibility index (Phi) is 4.78. The lowest BCUT2D eigenvalue weighted by atomic mass is 10.1. The van der Waals surface area contributed by atoms with Gasteiger partial charge < -0.3 is 9.73 Å². The Morgan fingerprint density at radius 1 is 1.09 bits per heavy atom. The van der Waals surface area contributed by atoms with Crippen molar-refractivity contribution in [1.29, 1.82) is 0 Å². The molecule has 0 aliphatic heterocycles. The summed E-state index contributed by atoms with van der Waals surface area (Å²) in [6.45, 7) is 2.52. The van der Waals surface area contributed by atoms with E-state index < -0.39 is 0 Å². The van der Waals surface area contributed by atoms with Gasteiger partial charge in [0.15, 0.2) is 0 Å². The highest BCUT2D eigenvalue weighted by Gasteiger charge is 2.10. The van der Waals surface area contributed by atoms with E-state index in [1.807, 2.05) is 43.3 Å². The molecule has 0 fully saturated rings. The van der Waals surface area contributed by atoms with Crippen LogP contribution in [-0.4, -0.2) is 16.2 Å². The molecule has 3 rings (SSSR count). The van der Waals surface area contributed by atoms with Crippen LogP contribution in [0.2, 0.25) is 0 Å². The third kappa shape index (κ3) is 4.23. The van der Waals surface area contributed by atoms with Gasteiger partial charge in [-0.15, -0.1) is 10.2 Å². The maximum Gasteiger partial charge on any atom is 0.247 e. The van der Waals surface area contributed by atoms with Crippen molar-refractivity contribution in [3.8, 4) is 11.5 Å². The van der Waals surface area contributed by atoms with Crippen LogP contribution in [0.5, 0.6) is 0 Å². The van der Waals surface area contributed by atoms with Crippen molar-refractivity contribution in [2.45, 2.75) is 25.9 Å². The van der Waals surface area contributed by atoms with Gasteiger partial charge in [-0.3, -0.25) is 0 Å². The molecule has 0 amide bonds. The Balaban J connectivity index is 1.55. The van der Waals surface area contributed by atoms with Crippen molar-refractivity contribution < 1.29 is 8.81 Å². The fourth-order valence-corrected chi connectivity index (χ4v) is 2.37. The molecule has 0 spiro atoms. The van der Waals surface area contributed by atoms with Gasteiger partial charge in [0.25, 0.3) is 0 Å². The van der Waals surface area contributed by atoms with Crippen LogP contribution < -0.4 is 5.32 Å². The second-order valence-corrected chi connectivity index (χ2v) is 5.48. The summed E-state index contributed by atoms with van der Waals surface area (Å²) in [5, 5.41) is 11.4. The Bertz CT molecular complexity index is 758. The van der Waals surface area contributed by atoms with Crippen molar-refractivity contribution in [1.82, 2.24) is 15.5 Å². The average Bonchev–Trinajstić information content (AvgIpc) is 3.03. The number of rotatable bonds is 6. The number of hydrogen-bond donors (Lipinski definition) is 1. The van der Waals surface area contributed by atoms with Gasteiger partial charge in [0.2, 0.25) is 11.8 Å². The smallest absolute Gasteiger partial charge is 0.247 e. The summed E-state index contributed by atoms with van der Waals surface area (Å²) < 4.78 is 18.8. The van der Waals surface area contributed by atoms with Crippen LogP contribution in [0, 0.1) is 5.82 Å². The van der Waals surface area contributed by atoms with Crippen LogP contribution >= 0.6 is 0 Å². The Labute approximate surface area is 134 Å². The SMILES string of the molecule is C[C@H](Cc1cccc(F)c1)NCc1nnc(-c2ccccc2)o1. The highest BCUT2D eigenvalue weighted by Crippen LogP contribution is 2.16. The molecule has 0 saturated heterocycles. The van der Waals surface area contributed by atoms with Gasteiger partial charge in [-0.25, -0.2) is 4.39 Å². The van der Waals surface area contributed by atoms with Gasteiger partial charge in [-0.2, -0.15) is 0 Å². The quantitative estimate of drug-likeness (QED) is 0.756. The second-order valence-electron chi connectivity index (χ2n) is 5.48. The molecule has 1 heterocycles. The largest absolute Gasteiger partial charge is 0.419 e. The lowest BCUT2D eigenvalue weighted by molar-refractivity contribution is 0.447. The summed E-state index contributed by atoms with van der Waals surface area (Å²) in [4.78, 5) is 0. The van der Waals surface area contributed by atoms with E-state index >= 15 is 0 Å². The predicted octanol–water partition coefficient (Wildman–Crippen LogP) is 3.60. The molecule has 1 N–H and O–H groups in total. The van der Waals surface area contributed by atoms with Gasteiger partial charge in [0, 0.05) is 11.6 Å². The molecule has 0 aliphatic carbocycles. The standard InChI is InChI=1S/C18H18FN3O/c1-13(10-14-6-5-9-16(19)11-14)20-12-17-21-22-18(23-17)15-7-3-2-4-8-15/h2-9,11,13,20H,10,12H2,1H3/t13-/m1/s1. The van der Waals surface area contributed by atoms with E-state index in [9.17, 15) is 4.39 Å². The summed E-state index contributed by atoms with van der Waals surface area (Å²) in [7, 11) is 0. The molecule has 4 nitrogen and oxygen atoms in total. The van der Waals surface area contributed by atoms with Crippen molar-refractivity contribution in [3.05, 3.63) is 71.9 Å². The third-order valence-electron chi connectivity index (χ3n) is 3.52. The number of halogens is 1.